The predicted molar refractivity (Wildman–Crippen MR) is 118 cm³/mol. The van der Waals surface area contributed by atoms with Crippen LogP contribution in [0.3, 0.4) is 0 Å². The van der Waals surface area contributed by atoms with Gasteiger partial charge in [0.2, 0.25) is 5.91 Å². The van der Waals surface area contributed by atoms with E-state index in [2.05, 4.69) is 10.6 Å². The first-order valence-electron chi connectivity index (χ1n) is 10.7. The topological polar surface area (TPSA) is 125 Å². The van der Waals surface area contributed by atoms with Gasteiger partial charge in [-0.05, 0) is 28.7 Å². The van der Waals surface area contributed by atoms with Crippen LogP contribution in [-0.2, 0) is 14.3 Å². The van der Waals surface area contributed by atoms with Crippen LogP contribution in [0.25, 0.3) is 11.1 Å². The quantitative estimate of drug-likeness (QED) is 0.450. The number of amides is 2. The monoisotopic (exact) mass is 440 g/mol. The van der Waals surface area contributed by atoms with E-state index in [4.69, 9.17) is 9.84 Å². The molecule has 8 heteroatoms. The number of ether oxygens (including phenoxy) is 1. The number of nitrogens with one attached hydrogen (secondary N) is 2. The van der Waals surface area contributed by atoms with E-state index in [0.717, 1.165) is 22.3 Å². The van der Waals surface area contributed by atoms with Gasteiger partial charge in [-0.15, -0.1) is 0 Å². The summed E-state index contributed by atoms with van der Waals surface area (Å²) in [6, 6.07) is 15.0. The van der Waals surface area contributed by atoms with Crippen molar-refractivity contribution in [2.24, 2.45) is 0 Å². The van der Waals surface area contributed by atoms with E-state index in [1.54, 1.807) is 0 Å². The van der Waals surface area contributed by atoms with E-state index in [0.29, 0.717) is 12.8 Å². The van der Waals surface area contributed by atoms with E-state index >= 15 is 0 Å². The van der Waals surface area contributed by atoms with Gasteiger partial charge >= 0.3 is 12.1 Å². The Kier molecular flexibility index (Phi) is 7.83. The zero-order valence-corrected chi connectivity index (χ0v) is 17.9. The molecule has 2 atom stereocenters. The maximum Gasteiger partial charge on any atom is 0.407 e. The van der Waals surface area contributed by atoms with Gasteiger partial charge in [0, 0.05) is 12.5 Å². The molecule has 1 aliphatic rings. The third-order valence-corrected chi connectivity index (χ3v) is 5.46. The van der Waals surface area contributed by atoms with Gasteiger partial charge in [0.1, 0.15) is 12.6 Å². The van der Waals surface area contributed by atoms with E-state index < -0.39 is 30.1 Å². The molecular formula is C24H28N2O6. The lowest BCUT2D eigenvalue weighted by Gasteiger charge is -2.17. The lowest BCUT2D eigenvalue weighted by molar-refractivity contribution is -0.142. The van der Waals surface area contributed by atoms with Crippen LogP contribution in [0.1, 0.15) is 43.2 Å². The fourth-order valence-corrected chi connectivity index (χ4v) is 3.94. The summed E-state index contributed by atoms with van der Waals surface area (Å²) in [5, 5.41) is 23.9. The normalized spacial score (nSPS) is 14.1. The average Bonchev–Trinajstić information content (AvgIpc) is 3.09. The fourth-order valence-electron chi connectivity index (χ4n) is 3.94. The Bertz CT molecular complexity index is 931. The molecule has 0 radical (unpaired) electrons. The number of carboxylic acid groups (broad SMARTS) is 1. The zero-order chi connectivity index (χ0) is 23.1. The Morgan fingerprint density at radius 1 is 1.03 bits per heavy atom. The molecule has 0 spiro atoms. The molecule has 32 heavy (non-hydrogen) atoms. The molecule has 1 aliphatic carbocycles. The number of fused-ring (bicyclic) bond motifs is 3. The smallest absolute Gasteiger partial charge is 0.407 e. The standard InChI is InChI=1S/C24H28N2O6/c1-2-7-21(23(29)30)26-22(28)12-15(27)13-25-24(31)32-14-20-18-10-5-3-8-16(18)17-9-4-6-11-19(17)20/h3-6,8-11,15,20-21,27H,2,7,12-14H2,1H3,(H,25,31)(H,26,28)(H,29,30). The minimum Gasteiger partial charge on any atom is -0.480 e. The molecule has 2 aromatic carbocycles. The van der Waals surface area contributed by atoms with Gasteiger partial charge in [0.15, 0.2) is 0 Å². The number of aliphatic hydroxyl groups excluding tert-OH is 1. The largest absolute Gasteiger partial charge is 0.480 e. The summed E-state index contributed by atoms with van der Waals surface area (Å²) >= 11 is 0. The molecule has 0 heterocycles. The van der Waals surface area contributed by atoms with Crippen molar-refractivity contribution < 1.29 is 29.3 Å². The fraction of sp³-hybridized carbons (Fsp3) is 0.375. The van der Waals surface area contributed by atoms with Gasteiger partial charge < -0.3 is 25.6 Å². The van der Waals surface area contributed by atoms with Crippen molar-refractivity contribution in [2.75, 3.05) is 13.2 Å². The Morgan fingerprint density at radius 3 is 2.19 bits per heavy atom. The third kappa shape index (κ3) is 5.64. The first-order valence-corrected chi connectivity index (χ1v) is 10.7. The highest BCUT2D eigenvalue weighted by Gasteiger charge is 2.29. The highest BCUT2D eigenvalue weighted by molar-refractivity contribution is 5.83. The molecule has 2 aromatic rings. The number of benzene rings is 2. The van der Waals surface area contributed by atoms with Crippen molar-refractivity contribution in [3.63, 3.8) is 0 Å². The number of hydrogen-bond acceptors (Lipinski definition) is 5. The number of carbonyl (C=O) groups is 3. The number of alkyl carbamates (subject to hydrolysis) is 1. The van der Waals surface area contributed by atoms with E-state index in [1.807, 2.05) is 55.5 Å². The summed E-state index contributed by atoms with van der Waals surface area (Å²) < 4.78 is 5.38. The number of carboxylic acids is 1. The number of carbonyl (C=O) groups excluding carboxylic acids is 2. The van der Waals surface area contributed by atoms with Crippen LogP contribution in [0.4, 0.5) is 4.79 Å². The number of aliphatic carboxylic acids is 1. The molecule has 170 valence electrons. The van der Waals surface area contributed by atoms with Crippen LogP contribution in [0.15, 0.2) is 48.5 Å². The molecule has 0 bridgehead atoms. The van der Waals surface area contributed by atoms with Crippen molar-refractivity contribution in [3.05, 3.63) is 59.7 Å². The number of hydrogen-bond donors (Lipinski definition) is 4. The van der Waals surface area contributed by atoms with Gasteiger partial charge in [-0.25, -0.2) is 9.59 Å². The van der Waals surface area contributed by atoms with E-state index in [-0.39, 0.29) is 25.5 Å². The summed E-state index contributed by atoms with van der Waals surface area (Å²) in [4.78, 5) is 35.2. The minimum atomic E-state index is -1.16. The third-order valence-electron chi connectivity index (χ3n) is 5.46. The van der Waals surface area contributed by atoms with Gasteiger partial charge in [0.05, 0.1) is 12.5 Å². The van der Waals surface area contributed by atoms with Crippen molar-refractivity contribution in [1.82, 2.24) is 10.6 Å². The van der Waals surface area contributed by atoms with Crippen molar-refractivity contribution in [1.29, 1.82) is 0 Å². The van der Waals surface area contributed by atoms with Gasteiger partial charge in [-0.2, -0.15) is 0 Å². The first-order chi connectivity index (χ1) is 15.4. The van der Waals surface area contributed by atoms with E-state index in [9.17, 15) is 19.5 Å². The van der Waals surface area contributed by atoms with Crippen LogP contribution in [0.2, 0.25) is 0 Å². The molecule has 4 N–H and O–H groups in total. The molecule has 0 fully saturated rings. The van der Waals surface area contributed by atoms with Crippen molar-refractivity contribution >= 4 is 18.0 Å². The van der Waals surface area contributed by atoms with Crippen LogP contribution in [0, 0.1) is 0 Å². The second-order valence-corrected chi connectivity index (χ2v) is 7.81. The molecule has 2 unspecified atom stereocenters. The second kappa shape index (κ2) is 10.8. The van der Waals surface area contributed by atoms with Crippen LogP contribution in [-0.4, -0.2) is 53.5 Å². The number of aliphatic hydroxyl groups is 1. The lowest BCUT2D eigenvalue weighted by atomic mass is 9.98. The molecule has 0 aromatic heterocycles. The predicted octanol–water partition coefficient (Wildman–Crippen LogP) is 2.65. The number of rotatable bonds is 10. The first kappa shape index (κ1) is 23.3. The summed E-state index contributed by atoms with van der Waals surface area (Å²) in [5.74, 6) is -1.78. The Hall–Kier alpha value is -3.39. The lowest BCUT2D eigenvalue weighted by Crippen LogP contribution is -2.43. The second-order valence-electron chi connectivity index (χ2n) is 7.81. The van der Waals surface area contributed by atoms with Gasteiger partial charge in [-0.1, -0.05) is 61.9 Å². The van der Waals surface area contributed by atoms with Crippen molar-refractivity contribution in [2.45, 2.75) is 44.2 Å². The highest BCUT2D eigenvalue weighted by Crippen LogP contribution is 2.44. The SMILES string of the molecule is CCCC(NC(=O)CC(O)CNC(=O)OCC1c2ccccc2-c2ccccc21)C(=O)O. The molecular weight excluding hydrogens is 412 g/mol. The van der Waals surface area contributed by atoms with Crippen LogP contribution >= 0.6 is 0 Å². The molecule has 3 rings (SSSR count). The average molecular weight is 440 g/mol. The summed E-state index contributed by atoms with van der Waals surface area (Å²) in [6.07, 6.45) is -1.28. The van der Waals surface area contributed by atoms with Gasteiger partial charge in [0.25, 0.3) is 0 Å². The van der Waals surface area contributed by atoms with Crippen LogP contribution < -0.4 is 10.6 Å². The summed E-state index contributed by atoms with van der Waals surface area (Å²) in [7, 11) is 0. The Morgan fingerprint density at radius 2 is 1.62 bits per heavy atom. The minimum absolute atomic E-state index is 0.0737. The van der Waals surface area contributed by atoms with Crippen molar-refractivity contribution in [3.8, 4) is 11.1 Å². The van der Waals surface area contributed by atoms with E-state index in [1.165, 1.54) is 0 Å². The molecule has 0 saturated heterocycles. The zero-order valence-electron chi connectivity index (χ0n) is 17.9. The Balaban J connectivity index is 1.47. The van der Waals surface area contributed by atoms with Crippen LogP contribution in [0.5, 0.6) is 0 Å². The Labute approximate surface area is 186 Å². The molecule has 8 nitrogen and oxygen atoms in total. The molecule has 0 saturated carbocycles. The maximum atomic E-state index is 12.1. The highest BCUT2D eigenvalue weighted by atomic mass is 16.5. The summed E-state index contributed by atoms with van der Waals surface area (Å²) in [5.41, 5.74) is 4.44. The maximum absolute atomic E-state index is 12.1. The molecule has 0 aliphatic heterocycles. The summed E-state index contributed by atoms with van der Waals surface area (Å²) in [6.45, 7) is 1.78. The molecule has 2 amide bonds. The van der Waals surface area contributed by atoms with Gasteiger partial charge in [-0.3, -0.25) is 4.79 Å².